The second-order valence-electron chi connectivity index (χ2n) is 3.02. The number of benzene rings is 1. The Morgan fingerprint density at radius 3 is 3.00 bits per heavy atom. The number of carbonyl (C=O) groups excluding carboxylic acids is 1. The van der Waals surface area contributed by atoms with Crippen molar-refractivity contribution in [3.8, 4) is 0 Å². The fraction of sp³-hybridized carbons (Fsp3) is 0.0909. The van der Waals surface area contributed by atoms with Gasteiger partial charge < -0.3 is 10.1 Å². The number of anilines is 1. The summed E-state index contributed by atoms with van der Waals surface area (Å²) in [5.74, 6) is -0.427. The molecule has 15 heavy (non-hydrogen) atoms. The molecule has 0 atom stereocenters. The molecule has 0 fully saturated rings. The second-order valence-corrected chi connectivity index (χ2v) is 3.02. The maximum Gasteiger partial charge on any atom is 0.356 e. The minimum atomic E-state index is -0.427. The van der Waals surface area contributed by atoms with Crippen molar-refractivity contribution in [2.75, 3.05) is 12.4 Å². The molecule has 0 saturated carbocycles. The minimum absolute atomic E-state index is 0.332. The topological polar surface area (TPSA) is 50.7 Å². The van der Waals surface area contributed by atoms with Gasteiger partial charge in [-0.05, 0) is 6.07 Å². The lowest BCUT2D eigenvalue weighted by atomic mass is 10.2. The summed E-state index contributed by atoms with van der Waals surface area (Å²) >= 11 is 0. The van der Waals surface area contributed by atoms with Crippen LogP contribution in [0.25, 0.3) is 0 Å². The molecule has 0 unspecified atom stereocenters. The number of esters is 1. The van der Waals surface area contributed by atoms with Crippen molar-refractivity contribution in [1.29, 1.82) is 0 Å². The van der Waals surface area contributed by atoms with Crippen LogP contribution in [0.15, 0.2) is 41.2 Å². The molecule has 76 valence electrons. The Hall–Kier alpha value is -2.10. The molecule has 2 rings (SSSR count). The largest absolute Gasteiger partial charge is 0.464 e. The zero-order valence-corrected chi connectivity index (χ0v) is 8.23. The van der Waals surface area contributed by atoms with Crippen molar-refractivity contribution in [2.45, 2.75) is 0 Å². The van der Waals surface area contributed by atoms with Gasteiger partial charge in [-0.15, -0.1) is 0 Å². The first kappa shape index (κ1) is 9.45. The van der Waals surface area contributed by atoms with Gasteiger partial charge in [0, 0.05) is 17.5 Å². The van der Waals surface area contributed by atoms with E-state index in [4.69, 9.17) is 0 Å². The number of methoxy groups -OCH3 is 1. The predicted octanol–water partition coefficient (Wildman–Crippen LogP) is 1.55. The Kier molecular flexibility index (Phi) is 2.49. The molecule has 0 bridgehead atoms. The SMILES string of the molecule is COC(=O)C1=CN=Cc2ccccc2N1. The van der Waals surface area contributed by atoms with Crippen LogP contribution in [0.2, 0.25) is 0 Å². The van der Waals surface area contributed by atoms with Crippen LogP contribution in [0, 0.1) is 0 Å². The Bertz CT molecular complexity index is 450. The highest BCUT2D eigenvalue weighted by Crippen LogP contribution is 2.18. The third-order valence-electron chi connectivity index (χ3n) is 2.05. The van der Waals surface area contributed by atoms with Crippen LogP contribution in [-0.4, -0.2) is 19.3 Å². The fourth-order valence-electron chi connectivity index (χ4n) is 1.31. The maximum atomic E-state index is 11.3. The Morgan fingerprint density at radius 1 is 1.40 bits per heavy atom. The van der Waals surface area contributed by atoms with Crippen molar-refractivity contribution in [3.05, 3.63) is 41.7 Å². The van der Waals surface area contributed by atoms with Gasteiger partial charge >= 0.3 is 5.97 Å². The predicted molar refractivity (Wildman–Crippen MR) is 57.8 cm³/mol. The van der Waals surface area contributed by atoms with E-state index in [2.05, 4.69) is 15.0 Å². The van der Waals surface area contributed by atoms with Gasteiger partial charge in [-0.2, -0.15) is 0 Å². The molecule has 0 amide bonds. The number of ether oxygens (including phenoxy) is 1. The lowest BCUT2D eigenvalue weighted by Gasteiger charge is -2.08. The molecule has 1 N–H and O–H groups in total. The highest BCUT2D eigenvalue weighted by molar-refractivity contribution is 5.97. The van der Waals surface area contributed by atoms with Gasteiger partial charge in [0.1, 0.15) is 5.70 Å². The minimum Gasteiger partial charge on any atom is -0.464 e. The van der Waals surface area contributed by atoms with Gasteiger partial charge in [0.2, 0.25) is 0 Å². The summed E-state index contributed by atoms with van der Waals surface area (Å²) in [6.07, 6.45) is 3.14. The molecule has 0 radical (unpaired) electrons. The molecule has 0 aromatic heterocycles. The van der Waals surface area contributed by atoms with Gasteiger partial charge in [0.25, 0.3) is 0 Å². The average molecular weight is 202 g/mol. The monoisotopic (exact) mass is 202 g/mol. The van der Waals surface area contributed by atoms with Gasteiger partial charge in [0.15, 0.2) is 0 Å². The number of rotatable bonds is 1. The third kappa shape index (κ3) is 1.88. The van der Waals surface area contributed by atoms with E-state index in [1.807, 2.05) is 24.3 Å². The number of aliphatic imine (C=N–C) groups is 1. The van der Waals surface area contributed by atoms with Crippen molar-refractivity contribution in [2.24, 2.45) is 4.99 Å². The van der Waals surface area contributed by atoms with E-state index >= 15 is 0 Å². The second kappa shape index (κ2) is 3.96. The standard InChI is InChI=1S/C11H10N2O2/c1-15-11(14)10-7-12-6-8-4-2-3-5-9(8)13-10/h2-7,13H,1H3. The van der Waals surface area contributed by atoms with Gasteiger partial charge in [0.05, 0.1) is 13.3 Å². The third-order valence-corrected chi connectivity index (χ3v) is 2.05. The molecule has 1 aromatic rings. The van der Waals surface area contributed by atoms with Crippen LogP contribution in [0.1, 0.15) is 5.56 Å². The summed E-state index contributed by atoms with van der Waals surface area (Å²) in [6.45, 7) is 0. The molecule has 1 aromatic carbocycles. The lowest BCUT2D eigenvalue weighted by molar-refractivity contribution is -0.135. The van der Waals surface area contributed by atoms with Crippen LogP contribution < -0.4 is 5.32 Å². The van der Waals surface area contributed by atoms with Crippen molar-refractivity contribution in [1.82, 2.24) is 0 Å². The molecule has 4 heteroatoms. The summed E-state index contributed by atoms with van der Waals surface area (Å²) in [4.78, 5) is 15.3. The highest BCUT2D eigenvalue weighted by atomic mass is 16.5. The molecule has 1 heterocycles. The lowest BCUT2D eigenvalue weighted by Crippen LogP contribution is -2.12. The first-order chi connectivity index (χ1) is 7.31. The van der Waals surface area contributed by atoms with Crippen LogP contribution in [0.3, 0.4) is 0 Å². The van der Waals surface area contributed by atoms with E-state index in [0.29, 0.717) is 5.70 Å². The highest BCUT2D eigenvalue weighted by Gasteiger charge is 2.12. The first-order valence-corrected chi connectivity index (χ1v) is 4.49. The van der Waals surface area contributed by atoms with E-state index in [9.17, 15) is 4.79 Å². The van der Waals surface area contributed by atoms with E-state index in [0.717, 1.165) is 11.3 Å². The zero-order chi connectivity index (χ0) is 10.7. The molecule has 4 nitrogen and oxygen atoms in total. The maximum absolute atomic E-state index is 11.3. The van der Waals surface area contributed by atoms with E-state index < -0.39 is 5.97 Å². The Labute approximate surface area is 87.3 Å². The molecule has 0 spiro atoms. The summed E-state index contributed by atoms with van der Waals surface area (Å²) in [7, 11) is 1.34. The Morgan fingerprint density at radius 2 is 2.20 bits per heavy atom. The number of para-hydroxylation sites is 1. The number of nitrogens with zero attached hydrogens (tertiary/aromatic N) is 1. The fourth-order valence-corrected chi connectivity index (χ4v) is 1.31. The van der Waals surface area contributed by atoms with E-state index in [1.54, 1.807) is 6.21 Å². The molecule has 0 aliphatic carbocycles. The van der Waals surface area contributed by atoms with Crippen molar-refractivity contribution >= 4 is 17.9 Å². The zero-order valence-electron chi connectivity index (χ0n) is 8.23. The van der Waals surface area contributed by atoms with Crippen LogP contribution in [-0.2, 0) is 9.53 Å². The smallest absolute Gasteiger partial charge is 0.356 e. The quantitative estimate of drug-likeness (QED) is 0.703. The van der Waals surface area contributed by atoms with Crippen LogP contribution in [0.4, 0.5) is 5.69 Å². The summed E-state index contributed by atoms with van der Waals surface area (Å²) in [6, 6.07) is 7.60. The van der Waals surface area contributed by atoms with Crippen LogP contribution in [0.5, 0.6) is 0 Å². The number of nitrogens with one attached hydrogen (secondary N) is 1. The average Bonchev–Trinajstić information content (AvgIpc) is 2.49. The summed E-state index contributed by atoms with van der Waals surface area (Å²) in [5, 5.41) is 2.97. The van der Waals surface area contributed by atoms with Crippen LogP contribution >= 0.6 is 0 Å². The van der Waals surface area contributed by atoms with E-state index in [-0.39, 0.29) is 0 Å². The first-order valence-electron chi connectivity index (χ1n) is 4.49. The van der Waals surface area contributed by atoms with Crippen molar-refractivity contribution < 1.29 is 9.53 Å². The van der Waals surface area contributed by atoms with E-state index in [1.165, 1.54) is 13.3 Å². The molecular weight excluding hydrogens is 192 g/mol. The number of hydrogen-bond donors (Lipinski definition) is 1. The van der Waals surface area contributed by atoms with Gasteiger partial charge in [-0.3, -0.25) is 4.99 Å². The van der Waals surface area contributed by atoms with Gasteiger partial charge in [-0.1, -0.05) is 18.2 Å². The number of hydrogen-bond acceptors (Lipinski definition) is 4. The summed E-state index contributed by atoms with van der Waals surface area (Å²) < 4.78 is 4.62. The molecule has 1 aliphatic rings. The normalized spacial score (nSPS) is 13.3. The number of fused-ring (bicyclic) bond motifs is 1. The molecule has 1 aliphatic heterocycles. The van der Waals surface area contributed by atoms with Gasteiger partial charge in [-0.25, -0.2) is 4.79 Å². The Balaban J connectivity index is 2.35. The summed E-state index contributed by atoms with van der Waals surface area (Å²) in [5.41, 5.74) is 2.11. The molecular formula is C11H10N2O2. The number of carbonyl (C=O) groups is 1. The molecule has 0 saturated heterocycles. The van der Waals surface area contributed by atoms with Crippen molar-refractivity contribution in [3.63, 3.8) is 0 Å².